The summed E-state index contributed by atoms with van der Waals surface area (Å²) >= 11 is 0. The summed E-state index contributed by atoms with van der Waals surface area (Å²) in [6.07, 6.45) is 1.96. The van der Waals surface area contributed by atoms with E-state index in [9.17, 15) is 9.59 Å². The molecule has 2 unspecified atom stereocenters. The van der Waals surface area contributed by atoms with Crippen molar-refractivity contribution >= 4 is 12.0 Å². The fraction of sp³-hybridized carbons (Fsp3) is 0.846. The number of amides is 2. The number of rotatable bonds is 3. The maximum absolute atomic E-state index is 11.7. The Morgan fingerprint density at radius 2 is 1.94 bits per heavy atom. The topological polar surface area (TPSA) is 67.4 Å². The molecule has 2 atom stereocenters. The van der Waals surface area contributed by atoms with E-state index in [0.29, 0.717) is 13.0 Å². The Morgan fingerprint density at radius 1 is 1.28 bits per heavy atom. The van der Waals surface area contributed by atoms with Gasteiger partial charge in [-0.25, -0.2) is 4.79 Å². The van der Waals surface area contributed by atoms with Gasteiger partial charge < -0.3 is 15.4 Å². The van der Waals surface area contributed by atoms with Gasteiger partial charge in [0.15, 0.2) is 0 Å². The Morgan fingerprint density at radius 3 is 2.50 bits per heavy atom. The Kier molecular flexibility index (Phi) is 4.99. The lowest BCUT2D eigenvalue weighted by Gasteiger charge is -2.21. The SMILES string of the molecule is CCNC(=O)C1CCC(NC(=O)OC(C)(C)C)C1. The molecule has 0 aromatic carbocycles. The normalized spacial score (nSPS) is 23.6. The monoisotopic (exact) mass is 256 g/mol. The summed E-state index contributed by atoms with van der Waals surface area (Å²) in [5.41, 5.74) is -0.484. The van der Waals surface area contributed by atoms with Gasteiger partial charge in [-0.3, -0.25) is 4.79 Å². The van der Waals surface area contributed by atoms with E-state index in [1.807, 2.05) is 27.7 Å². The van der Waals surface area contributed by atoms with E-state index in [1.165, 1.54) is 0 Å². The Bertz CT molecular complexity index is 310. The molecule has 1 aliphatic rings. The van der Waals surface area contributed by atoms with Crippen LogP contribution in [0.4, 0.5) is 4.79 Å². The van der Waals surface area contributed by atoms with E-state index in [2.05, 4.69) is 10.6 Å². The lowest BCUT2D eigenvalue weighted by atomic mass is 10.1. The van der Waals surface area contributed by atoms with Crippen molar-refractivity contribution in [2.45, 2.75) is 58.6 Å². The molecule has 1 rings (SSSR count). The number of alkyl carbamates (subject to hydrolysis) is 1. The van der Waals surface area contributed by atoms with E-state index in [-0.39, 0.29) is 17.9 Å². The van der Waals surface area contributed by atoms with Crippen LogP contribution >= 0.6 is 0 Å². The predicted octanol–water partition coefficient (Wildman–Crippen LogP) is 1.82. The van der Waals surface area contributed by atoms with Gasteiger partial charge in [-0.1, -0.05) is 0 Å². The Labute approximate surface area is 109 Å². The first-order valence-electron chi connectivity index (χ1n) is 6.59. The van der Waals surface area contributed by atoms with Crippen LogP contribution in [0.3, 0.4) is 0 Å². The smallest absolute Gasteiger partial charge is 0.407 e. The molecule has 0 aliphatic heterocycles. The van der Waals surface area contributed by atoms with Crippen LogP contribution in [-0.4, -0.2) is 30.2 Å². The molecule has 0 aromatic heterocycles. The number of carbonyl (C=O) groups excluding carboxylic acids is 2. The molecule has 2 N–H and O–H groups in total. The average molecular weight is 256 g/mol. The second-order valence-corrected chi connectivity index (χ2v) is 5.75. The van der Waals surface area contributed by atoms with Gasteiger partial charge in [0, 0.05) is 18.5 Å². The number of ether oxygens (including phenoxy) is 1. The van der Waals surface area contributed by atoms with Crippen LogP contribution in [-0.2, 0) is 9.53 Å². The zero-order valence-corrected chi connectivity index (χ0v) is 11.7. The van der Waals surface area contributed by atoms with Crippen LogP contribution in [0.2, 0.25) is 0 Å². The number of carbonyl (C=O) groups is 2. The Balaban J connectivity index is 2.34. The minimum atomic E-state index is -0.484. The second-order valence-electron chi connectivity index (χ2n) is 5.75. The van der Waals surface area contributed by atoms with Crippen molar-refractivity contribution in [3.05, 3.63) is 0 Å². The van der Waals surface area contributed by atoms with Crippen LogP contribution in [0.15, 0.2) is 0 Å². The molecule has 5 heteroatoms. The predicted molar refractivity (Wildman–Crippen MR) is 69.2 cm³/mol. The molecular formula is C13H24N2O3. The van der Waals surface area contributed by atoms with Crippen molar-refractivity contribution in [2.75, 3.05) is 6.54 Å². The van der Waals surface area contributed by atoms with E-state index in [0.717, 1.165) is 12.8 Å². The summed E-state index contributed by atoms with van der Waals surface area (Å²) < 4.78 is 5.19. The summed E-state index contributed by atoms with van der Waals surface area (Å²) in [6.45, 7) is 8.05. The molecule has 1 aliphatic carbocycles. The molecule has 0 heterocycles. The minimum Gasteiger partial charge on any atom is -0.444 e. The summed E-state index contributed by atoms with van der Waals surface area (Å²) in [7, 11) is 0. The van der Waals surface area contributed by atoms with Crippen molar-refractivity contribution in [1.82, 2.24) is 10.6 Å². The summed E-state index contributed by atoms with van der Waals surface area (Å²) in [6, 6.07) is 0.0486. The molecule has 0 bridgehead atoms. The molecule has 104 valence electrons. The van der Waals surface area contributed by atoms with Gasteiger partial charge in [-0.05, 0) is 47.0 Å². The highest BCUT2D eigenvalue weighted by molar-refractivity contribution is 5.79. The average Bonchev–Trinajstić information content (AvgIpc) is 2.63. The van der Waals surface area contributed by atoms with Crippen LogP contribution in [0.25, 0.3) is 0 Å². The van der Waals surface area contributed by atoms with Crippen LogP contribution < -0.4 is 10.6 Å². The fourth-order valence-corrected chi connectivity index (χ4v) is 2.14. The van der Waals surface area contributed by atoms with Gasteiger partial charge in [0.2, 0.25) is 5.91 Å². The number of hydrogen-bond donors (Lipinski definition) is 2. The molecule has 5 nitrogen and oxygen atoms in total. The second kappa shape index (κ2) is 6.07. The lowest BCUT2D eigenvalue weighted by Crippen LogP contribution is -2.38. The molecule has 0 aromatic rings. The summed E-state index contributed by atoms with van der Waals surface area (Å²) in [5, 5.41) is 5.64. The largest absolute Gasteiger partial charge is 0.444 e. The van der Waals surface area contributed by atoms with Crippen molar-refractivity contribution in [2.24, 2.45) is 5.92 Å². The first kappa shape index (κ1) is 14.8. The molecule has 1 saturated carbocycles. The third kappa shape index (κ3) is 4.94. The van der Waals surface area contributed by atoms with Crippen molar-refractivity contribution < 1.29 is 14.3 Å². The lowest BCUT2D eigenvalue weighted by molar-refractivity contribution is -0.124. The van der Waals surface area contributed by atoms with Crippen molar-refractivity contribution in [1.29, 1.82) is 0 Å². The van der Waals surface area contributed by atoms with Crippen LogP contribution in [0, 0.1) is 5.92 Å². The zero-order valence-electron chi connectivity index (χ0n) is 11.7. The quantitative estimate of drug-likeness (QED) is 0.809. The minimum absolute atomic E-state index is 0.0184. The summed E-state index contributed by atoms with van der Waals surface area (Å²) in [5.74, 6) is 0.107. The highest BCUT2D eigenvalue weighted by Crippen LogP contribution is 2.25. The first-order valence-corrected chi connectivity index (χ1v) is 6.59. The molecule has 18 heavy (non-hydrogen) atoms. The first-order chi connectivity index (χ1) is 8.31. The van der Waals surface area contributed by atoms with Crippen molar-refractivity contribution in [3.63, 3.8) is 0 Å². The van der Waals surface area contributed by atoms with Gasteiger partial charge in [-0.15, -0.1) is 0 Å². The van der Waals surface area contributed by atoms with Gasteiger partial charge in [-0.2, -0.15) is 0 Å². The van der Waals surface area contributed by atoms with Crippen LogP contribution in [0.1, 0.15) is 47.0 Å². The number of nitrogens with one attached hydrogen (secondary N) is 2. The molecule has 0 saturated heterocycles. The van der Waals surface area contributed by atoms with Crippen LogP contribution in [0.5, 0.6) is 0 Å². The van der Waals surface area contributed by atoms with Gasteiger partial charge in [0.1, 0.15) is 5.60 Å². The zero-order chi connectivity index (χ0) is 13.8. The van der Waals surface area contributed by atoms with E-state index in [1.54, 1.807) is 0 Å². The molecule has 2 amide bonds. The Hall–Kier alpha value is -1.26. The standard InChI is InChI=1S/C13H24N2O3/c1-5-14-11(16)9-6-7-10(8-9)15-12(17)18-13(2,3)4/h9-10H,5-8H2,1-4H3,(H,14,16)(H,15,17). The van der Waals surface area contributed by atoms with E-state index >= 15 is 0 Å². The number of hydrogen-bond acceptors (Lipinski definition) is 3. The summed E-state index contributed by atoms with van der Waals surface area (Å²) in [4.78, 5) is 23.2. The highest BCUT2D eigenvalue weighted by atomic mass is 16.6. The maximum Gasteiger partial charge on any atom is 0.407 e. The van der Waals surface area contributed by atoms with Gasteiger partial charge >= 0.3 is 6.09 Å². The third-order valence-corrected chi connectivity index (χ3v) is 2.88. The van der Waals surface area contributed by atoms with E-state index < -0.39 is 11.7 Å². The van der Waals surface area contributed by atoms with Gasteiger partial charge in [0.25, 0.3) is 0 Å². The molecule has 0 radical (unpaired) electrons. The van der Waals surface area contributed by atoms with E-state index in [4.69, 9.17) is 4.74 Å². The fourth-order valence-electron chi connectivity index (χ4n) is 2.14. The van der Waals surface area contributed by atoms with Crippen molar-refractivity contribution in [3.8, 4) is 0 Å². The molecular weight excluding hydrogens is 232 g/mol. The van der Waals surface area contributed by atoms with Gasteiger partial charge in [0.05, 0.1) is 0 Å². The molecule has 0 spiro atoms. The maximum atomic E-state index is 11.7. The molecule has 1 fully saturated rings. The third-order valence-electron chi connectivity index (χ3n) is 2.88. The highest BCUT2D eigenvalue weighted by Gasteiger charge is 2.31.